The van der Waals surface area contributed by atoms with Crippen LogP contribution in [0.25, 0.3) is 0 Å². The molecular weight excluding hydrogens is 251 g/mol. The van der Waals surface area contributed by atoms with Crippen molar-refractivity contribution in [2.45, 2.75) is 12.8 Å². The molecule has 0 radical (unpaired) electrons. The van der Waals surface area contributed by atoms with Crippen LogP contribution >= 0.6 is 22.6 Å². The van der Waals surface area contributed by atoms with Crippen molar-refractivity contribution in [3.05, 3.63) is 9.66 Å². The zero-order chi connectivity index (χ0) is 7.65. The van der Waals surface area contributed by atoms with Gasteiger partial charge in [0, 0.05) is 6.92 Å². The fourth-order valence-corrected chi connectivity index (χ4v) is 0.639. The molecule has 0 spiro atoms. The van der Waals surface area contributed by atoms with Gasteiger partial charge >= 0.3 is 0 Å². The predicted molar refractivity (Wildman–Crippen MR) is 33.9 cm³/mol. The van der Waals surface area contributed by atoms with Crippen molar-refractivity contribution in [1.29, 1.82) is 0 Å². The molecule has 0 unspecified atom stereocenters. The van der Waals surface area contributed by atoms with Crippen LogP contribution in [0.3, 0.4) is 0 Å². The molecule has 9 heavy (non-hydrogen) atoms. The van der Waals surface area contributed by atoms with E-state index in [-0.39, 0.29) is 0 Å². The van der Waals surface area contributed by atoms with Gasteiger partial charge in [-0.15, -0.1) is 0 Å². The second-order valence-electron chi connectivity index (χ2n) is 1.46. The van der Waals surface area contributed by atoms with Crippen molar-refractivity contribution in [3.8, 4) is 0 Å². The normalized spacial score (nSPS) is 15.3. The van der Waals surface area contributed by atoms with Gasteiger partial charge in [0.05, 0.1) is 0 Å². The van der Waals surface area contributed by atoms with E-state index in [1.807, 2.05) is 0 Å². The number of allylic oxidation sites excluding steroid dienone is 1. The zero-order valence-corrected chi connectivity index (χ0v) is 6.55. The number of hydrogen-bond acceptors (Lipinski definition) is 0. The van der Waals surface area contributed by atoms with Crippen molar-refractivity contribution < 1.29 is 17.6 Å². The van der Waals surface area contributed by atoms with Crippen LogP contribution in [-0.2, 0) is 0 Å². The molecule has 0 nitrogen and oxygen atoms in total. The summed E-state index contributed by atoms with van der Waals surface area (Å²) in [6, 6.07) is 0. The lowest BCUT2D eigenvalue weighted by Gasteiger charge is -2.04. The maximum absolute atomic E-state index is 11.8. The van der Waals surface area contributed by atoms with Gasteiger partial charge in [-0.1, -0.05) is 0 Å². The van der Waals surface area contributed by atoms with E-state index < -0.39 is 15.6 Å². The van der Waals surface area contributed by atoms with Gasteiger partial charge in [0.1, 0.15) is 0 Å². The molecule has 0 amide bonds. The Labute approximate surface area is 63.1 Å². The fraction of sp³-hybridized carbons (Fsp3) is 0.500. The molecule has 0 N–H and O–H groups in total. The Morgan fingerprint density at radius 2 is 1.67 bits per heavy atom. The number of halogens is 5. The lowest BCUT2D eigenvalue weighted by molar-refractivity contribution is 0.0364. The Bertz CT molecular complexity index is 130. The topological polar surface area (TPSA) is 0 Å². The second kappa shape index (κ2) is 2.85. The Hall–Kier alpha value is 0.190. The van der Waals surface area contributed by atoms with Crippen molar-refractivity contribution >= 4 is 22.6 Å². The van der Waals surface area contributed by atoms with Gasteiger partial charge in [-0.3, -0.25) is 0 Å². The van der Waals surface area contributed by atoms with E-state index in [2.05, 4.69) is 0 Å². The lowest BCUT2D eigenvalue weighted by atomic mass is 10.4. The Morgan fingerprint density at radius 1 is 1.33 bits per heavy atom. The number of hydrogen-bond donors (Lipinski definition) is 0. The maximum atomic E-state index is 11.8. The first-order chi connectivity index (χ1) is 3.85. The third kappa shape index (κ3) is 3.02. The van der Waals surface area contributed by atoms with Crippen LogP contribution in [0.4, 0.5) is 17.6 Å². The van der Waals surface area contributed by atoms with Crippen LogP contribution in [0.2, 0.25) is 0 Å². The molecular formula is C4H3F4I. The van der Waals surface area contributed by atoms with Crippen molar-refractivity contribution in [1.82, 2.24) is 0 Å². The molecule has 0 saturated heterocycles. The molecule has 0 aromatic carbocycles. The van der Waals surface area contributed by atoms with E-state index in [1.165, 1.54) is 0 Å². The van der Waals surface area contributed by atoms with Gasteiger partial charge in [-0.05, 0) is 22.6 Å². The summed E-state index contributed by atoms with van der Waals surface area (Å²) in [6.07, 6.45) is 0. The molecule has 0 rings (SSSR count). The second-order valence-corrected chi connectivity index (χ2v) is 2.41. The first-order valence-corrected chi connectivity index (χ1v) is 3.02. The molecule has 0 bridgehead atoms. The van der Waals surface area contributed by atoms with Gasteiger partial charge in [0.2, 0.25) is 5.83 Å². The van der Waals surface area contributed by atoms with E-state index in [1.54, 1.807) is 0 Å². The van der Waals surface area contributed by atoms with E-state index in [4.69, 9.17) is 0 Å². The Morgan fingerprint density at radius 3 is 1.67 bits per heavy atom. The van der Waals surface area contributed by atoms with E-state index in [0.29, 0.717) is 6.92 Å². The third-order valence-corrected chi connectivity index (χ3v) is 1.02. The van der Waals surface area contributed by atoms with Crippen LogP contribution in [-0.4, -0.2) is 5.92 Å². The summed E-state index contributed by atoms with van der Waals surface area (Å²) in [5, 5.41) is 0. The minimum absolute atomic E-state index is 0.292. The van der Waals surface area contributed by atoms with Crippen LogP contribution < -0.4 is 0 Å². The largest absolute Gasteiger partial charge is 0.299 e. The van der Waals surface area contributed by atoms with Crippen LogP contribution in [0.5, 0.6) is 0 Å². The smallest absolute Gasteiger partial charge is 0.201 e. The summed E-state index contributed by atoms with van der Waals surface area (Å²) in [5.41, 5.74) is 0. The zero-order valence-electron chi connectivity index (χ0n) is 4.39. The number of rotatable bonds is 1. The molecule has 0 aromatic rings. The van der Waals surface area contributed by atoms with Gasteiger partial charge < -0.3 is 0 Å². The molecule has 54 valence electrons. The third-order valence-electron chi connectivity index (χ3n) is 0.551. The summed E-state index contributed by atoms with van der Waals surface area (Å²) < 4.78 is 45.3. The first-order valence-electron chi connectivity index (χ1n) is 1.94. The number of alkyl halides is 2. The lowest BCUT2D eigenvalue weighted by Crippen LogP contribution is -2.10. The van der Waals surface area contributed by atoms with E-state index in [9.17, 15) is 17.6 Å². The SMILES string of the molecule is CC(F)(F)/C(F)=C(/F)I. The monoisotopic (exact) mass is 254 g/mol. The van der Waals surface area contributed by atoms with Crippen molar-refractivity contribution in [3.63, 3.8) is 0 Å². The van der Waals surface area contributed by atoms with Gasteiger partial charge in [-0.2, -0.15) is 13.2 Å². The van der Waals surface area contributed by atoms with Crippen molar-refractivity contribution in [2.75, 3.05) is 0 Å². The molecule has 0 saturated carbocycles. The molecule has 0 aliphatic heterocycles. The Balaban J connectivity index is 4.40. The maximum Gasteiger partial charge on any atom is 0.299 e. The molecule has 5 heteroatoms. The highest BCUT2D eigenvalue weighted by atomic mass is 127. The van der Waals surface area contributed by atoms with E-state index >= 15 is 0 Å². The summed E-state index contributed by atoms with van der Waals surface area (Å²) in [4.78, 5) is 0. The average molecular weight is 254 g/mol. The van der Waals surface area contributed by atoms with Crippen LogP contribution in [0.15, 0.2) is 9.66 Å². The van der Waals surface area contributed by atoms with Gasteiger partial charge in [0.25, 0.3) is 5.92 Å². The molecule has 0 atom stereocenters. The van der Waals surface area contributed by atoms with Gasteiger partial charge in [0.15, 0.2) is 3.83 Å². The Kier molecular flexibility index (Phi) is 2.91. The molecule has 0 fully saturated rings. The molecule has 0 heterocycles. The highest BCUT2D eigenvalue weighted by molar-refractivity contribution is 14.1. The highest BCUT2D eigenvalue weighted by Crippen LogP contribution is 2.30. The van der Waals surface area contributed by atoms with Crippen LogP contribution in [0, 0.1) is 0 Å². The molecule has 0 aromatic heterocycles. The quantitative estimate of drug-likeness (QED) is 0.498. The first kappa shape index (κ1) is 9.19. The fourth-order valence-electron chi connectivity index (χ4n) is 0.166. The molecule has 0 aliphatic rings. The van der Waals surface area contributed by atoms with Crippen molar-refractivity contribution in [2.24, 2.45) is 0 Å². The average Bonchev–Trinajstić information content (AvgIpc) is 1.62. The summed E-state index contributed by atoms with van der Waals surface area (Å²) in [5.74, 6) is -5.70. The summed E-state index contributed by atoms with van der Waals surface area (Å²) >= 11 is 0.852. The minimum Gasteiger partial charge on any atom is -0.201 e. The minimum atomic E-state index is -3.69. The summed E-state index contributed by atoms with van der Waals surface area (Å²) in [7, 11) is 0. The van der Waals surface area contributed by atoms with E-state index in [0.717, 1.165) is 22.6 Å². The highest BCUT2D eigenvalue weighted by Gasteiger charge is 2.31. The summed E-state index contributed by atoms with van der Waals surface area (Å²) in [6.45, 7) is 0.292. The molecule has 0 aliphatic carbocycles. The standard InChI is InChI=1S/C4H3F4I/c1-4(7,8)2(5)3(6)9/h1H3/b3-2+. The van der Waals surface area contributed by atoms with Crippen LogP contribution in [0.1, 0.15) is 6.92 Å². The predicted octanol–water partition coefficient (Wildman–Crippen LogP) is 3.18. The van der Waals surface area contributed by atoms with Gasteiger partial charge in [-0.25, -0.2) is 4.39 Å².